The first-order valence-electron chi connectivity index (χ1n) is 6.45. The SMILES string of the molecule is CC(C)c1c(NCCN)cnn1-c1ccccc1O. The molecule has 0 saturated carbocycles. The highest BCUT2D eigenvalue weighted by molar-refractivity contribution is 5.54. The lowest BCUT2D eigenvalue weighted by Gasteiger charge is -2.14. The van der Waals surface area contributed by atoms with Crippen molar-refractivity contribution >= 4 is 5.69 Å². The molecule has 0 aliphatic heterocycles. The van der Waals surface area contributed by atoms with E-state index < -0.39 is 0 Å². The Hall–Kier alpha value is -2.01. The maximum atomic E-state index is 9.95. The third-order valence-electron chi connectivity index (χ3n) is 2.92. The molecule has 0 amide bonds. The summed E-state index contributed by atoms with van der Waals surface area (Å²) in [6, 6.07) is 7.19. The molecule has 0 aliphatic rings. The number of hydrogen-bond acceptors (Lipinski definition) is 4. The van der Waals surface area contributed by atoms with Crippen molar-refractivity contribution in [2.75, 3.05) is 18.4 Å². The molecule has 0 saturated heterocycles. The van der Waals surface area contributed by atoms with Gasteiger partial charge < -0.3 is 16.2 Å². The monoisotopic (exact) mass is 260 g/mol. The summed E-state index contributed by atoms with van der Waals surface area (Å²) < 4.78 is 1.78. The van der Waals surface area contributed by atoms with E-state index in [9.17, 15) is 5.11 Å². The fourth-order valence-electron chi connectivity index (χ4n) is 2.09. The van der Waals surface area contributed by atoms with Crippen LogP contribution < -0.4 is 11.1 Å². The Kier molecular flexibility index (Phi) is 4.06. The highest BCUT2D eigenvalue weighted by Crippen LogP contribution is 2.30. The molecule has 0 bridgehead atoms. The van der Waals surface area contributed by atoms with Gasteiger partial charge in [-0.25, -0.2) is 4.68 Å². The van der Waals surface area contributed by atoms with Crippen LogP contribution in [-0.4, -0.2) is 28.0 Å². The lowest BCUT2D eigenvalue weighted by molar-refractivity contribution is 0.469. The van der Waals surface area contributed by atoms with E-state index in [1.54, 1.807) is 23.0 Å². The van der Waals surface area contributed by atoms with Crippen LogP contribution in [0.3, 0.4) is 0 Å². The first kappa shape index (κ1) is 13.4. The van der Waals surface area contributed by atoms with Crippen molar-refractivity contribution in [1.29, 1.82) is 0 Å². The van der Waals surface area contributed by atoms with Crippen molar-refractivity contribution in [3.8, 4) is 11.4 Å². The van der Waals surface area contributed by atoms with Gasteiger partial charge in [0, 0.05) is 13.1 Å². The topological polar surface area (TPSA) is 76.1 Å². The smallest absolute Gasteiger partial charge is 0.141 e. The molecule has 1 heterocycles. The number of para-hydroxylation sites is 2. The van der Waals surface area contributed by atoms with Crippen LogP contribution in [0, 0.1) is 0 Å². The lowest BCUT2D eigenvalue weighted by Crippen LogP contribution is -2.14. The van der Waals surface area contributed by atoms with Gasteiger partial charge in [-0.3, -0.25) is 0 Å². The Morgan fingerprint density at radius 3 is 2.74 bits per heavy atom. The highest BCUT2D eigenvalue weighted by atomic mass is 16.3. The van der Waals surface area contributed by atoms with E-state index in [1.807, 2.05) is 12.1 Å². The van der Waals surface area contributed by atoms with Crippen molar-refractivity contribution in [2.45, 2.75) is 19.8 Å². The molecule has 0 spiro atoms. The predicted octanol–water partition coefficient (Wildman–Crippen LogP) is 2.07. The third-order valence-corrected chi connectivity index (χ3v) is 2.92. The van der Waals surface area contributed by atoms with Gasteiger partial charge in [-0.05, 0) is 18.1 Å². The fraction of sp³-hybridized carbons (Fsp3) is 0.357. The number of aromatic hydroxyl groups is 1. The lowest BCUT2D eigenvalue weighted by atomic mass is 10.1. The maximum absolute atomic E-state index is 9.95. The number of rotatable bonds is 5. The van der Waals surface area contributed by atoms with Crippen molar-refractivity contribution < 1.29 is 5.11 Å². The van der Waals surface area contributed by atoms with Gasteiger partial charge in [-0.15, -0.1) is 0 Å². The first-order chi connectivity index (χ1) is 9.15. The number of hydrogen-bond donors (Lipinski definition) is 3. The van der Waals surface area contributed by atoms with Crippen molar-refractivity contribution in [2.24, 2.45) is 5.73 Å². The van der Waals surface area contributed by atoms with E-state index in [0.29, 0.717) is 18.8 Å². The molecule has 5 nitrogen and oxygen atoms in total. The van der Waals surface area contributed by atoms with Crippen LogP contribution in [0.25, 0.3) is 5.69 Å². The van der Waals surface area contributed by atoms with E-state index in [-0.39, 0.29) is 11.7 Å². The molecule has 1 aromatic heterocycles. The number of phenols is 1. The van der Waals surface area contributed by atoms with Crippen LogP contribution in [0.2, 0.25) is 0 Å². The number of anilines is 1. The highest BCUT2D eigenvalue weighted by Gasteiger charge is 2.16. The number of phenolic OH excluding ortho intramolecular Hbond substituents is 1. The number of benzene rings is 1. The summed E-state index contributed by atoms with van der Waals surface area (Å²) >= 11 is 0. The molecular formula is C14H20N4O. The van der Waals surface area contributed by atoms with Crippen LogP contribution in [0.4, 0.5) is 5.69 Å². The molecule has 4 N–H and O–H groups in total. The Bertz CT molecular complexity index is 548. The van der Waals surface area contributed by atoms with E-state index in [0.717, 1.165) is 11.4 Å². The summed E-state index contributed by atoms with van der Waals surface area (Å²) in [7, 11) is 0. The van der Waals surface area contributed by atoms with Crippen LogP contribution in [0.15, 0.2) is 30.5 Å². The zero-order valence-electron chi connectivity index (χ0n) is 11.3. The zero-order chi connectivity index (χ0) is 13.8. The number of nitrogens with zero attached hydrogens (tertiary/aromatic N) is 2. The summed E-state index contributed by atoms with van der Waals surface area (Å²) in [6.07, 6.45) is 1.78. The number of aromatic nitrogens is 2. The molecule has 0 radical (unpaired) electrons. The summed E-state index contributed by atoms with van der Waals surface area (Å²) in [6.45, 7) is 5.47. The van der Waals surface area contributed by atoms with Crippen LogP contribution in [0.1, 0.15) is 25.5 Å². The number of nitrogens with one attached hydrogen (secondary N) is 1. The summed E-state index contributed by atoms with van der Waals surface area (Å²) in [4.78, 5) is 0. The van der Waals surface area contributed by atoms with Gasteiger partial charge in [-0.1, -0.05) is 26.0 Å². The van der Waals surface area contributed by atoms with E-state index in [2.05, 4.69) is 24.3 Å². The minimum atomic E-state index is 0.220. The second-order valence-corrected chi connectivity index (χ2v) is 4.71. The molecule has 5 heteroatoms. The number of nitrogens with two attached hydrogens (primary N) is 1. The molecule has 2 rings (SSSR count). The van der Waals surface area contributed by atoms with Crippen LogP contribution in [-0.2, 0) is 0 Å². The second kappa shape index (κ2) is 5.75. The van der Waals surface area contributed by atoms with Gasteiger partial charge >= 0.3 is 0 Å². The van der Waals surface area contributed by atoms with E-state index in [4.69, 9.17) is 5.73 Å². The van der Waals surface area contributed by atoms with E-state index in [1.165, 1.54) is 0 Å². The predicted molar refractivity (Wildman–Crippen MR) is 76.9 cm³/mol. The summed E-state index contributed by atoms with van der Waals surface area (Å²) in [5.74, 6) is 0.500. The molecule has 0 unspecified atom stereocenters. The largest absolute Gasteiger partial charge is 0.506 e. The van der Waals surface area contributed by atoms with Crippen molar-refractivity contribution in [1.82, 2.24) is 9.78 Å². The molecule has 2 aromatic rings. The van der Waals surface area contributed by atoms with Gasteiger partial charge in [0.2, 0.25) is 0 Å². The Labute approximate surface area is 113 Å². The van der Waals surface area contributed by atoms with Gasteiger partial charge in [-0.2, -0.15) is 5.10 Å². The first-order valence-corrected chi connectivity index (χ1v) is 6.45. The summed E-state index contributed by atoms with van der Waals surface area (Å²) in [5, 5.41) is 17.6. The normalized spacial score (nSPS) is 10.9. The molecule has 0 atom stereocenters. The minimum absolute atomic E-state index is 0.220. The summed E-state index contributed by atoms with van der Waals surface area (Å²) in [5.41, 5.74) is 8.20. The molecule has 0 aliphatic carbocycles. The molecule has 0 fully saturated rings. The van der Waals surface area contributed by atoms with Crippen LogP contribution in [0.5, 0.6) is 5.75 Å². The molecule has 102 valence electrons. The maximum Gasteiger partial charge on any atom is 0.141 e. The molecule has 19 heavy (non-hydrogen) atoms. The van der Waals surface area contributed by atoms with Gasteiger partial charge in [0.1, 0.15) is 11.4 Å². The van der Waals surface area contributed by atoms with Gasteiger partial charge in [0.25, 0.3) is 0 Å². The molecular weight excluding hydrogens is 240 g/mol. The average molecular weight is 260 g/mol. The Morgan fingerprint density at radius 2 is 2.11 bits per heavy atom. The van der Waals surface area contributed by atoms with Gasteiger partial charge in [0.05, 0.1) is 17.6 Å². The van der Waals surface area contributed by atoms with Gasteiger partial charge in [0.15, 0.2) is 0 Å². The molecule has 1 aromatic carbocycles. The average Bonchev–Trinajstić information content (AvgIpc) is 2.80. The standard InChI is InChI=1S/C14H20N4O/c1-10(2)14-11(16-8-7-15)9-17-18(14)12-5-3-4-6-13(12)19/h3-6,9-10,16,19H,7-8,15H2,1-2H3. The Balaban J connectivity index is 2.46. The second-order valence-electron chi connectivity index (χ2n) is 4.71. The van der Waals surface area contributed by atoms with Crippen molar-refractivity contribution in [3.05, 3.63) is 36.2 Å². The quantitative estimate of drug-likeness (QED) is 0.769. The minimum Gasteiger partial charge on any atom is -0.506 e. The van der Waals surface area contributed by atoms with Crippen molar-refractivity contribution in [3.63, 3.8) is 0 Å². The third kappa shape index (κ3) is 2.71. The Morgan fingerprint density at radius 1 is 1.37 bits per heavy atom. The van der Waals surface area contributed by atoms with Crippen LogP contribution >= 0.6 is 0 Å². The fourth-order valence-corrected chi connectivity index (χ4v) is 2.09. The van der Waals surface area contributed by atoms with E-state index >= 15 is 0 Å². The zero-order valence-corrected chi connectivity index (χ0v) is 11.3.